The highest BCUT2D eigenvalue weighted by Crippen LogP contribution is 2.61. The van der Waals surface area contributed by atoms with Crippen LogP contribution >= 0.6 is 11.8 Å². The molecule has 1 aromatic heterocycles. The van der Waals surface area contributed by atoms with Crippen molar-refractivity contribution in [2.24, 2.45) is 10.9 Å². The van der Waals surface area contributed by atoms with E-state index in [0.717, 1.165) is 17.7 Å². The molecular formula is C50H36N2S. The van der Waals surface area contributed by atoms with Crippen LogP contribution in [0.4, 0.5) is 0 Å². The molecule has 0 amide bonds. The third-order valence-corrected chi connectivity index (χ3v) is 13.0. The van der Waals surface area contributed by atoms with Crippen LogP contribution in [0.5, 0.6) is 0 Å². The van der Waals surface area contributed by atoms with Crippen molar-refractivity contribution in [2.75, 3.05) is 0 Å². The fourth-order valence-electron chi connectivity index (χ4n) is 9.68. The fourth-order valence-corrected chi connectivity index (χ4v) is 10.9. The molecule has 3 atom stereocenters. The van der Waals surface area contributed by atoms with Gasteiger partial charge in [0.05, 0.1) is 33.9 Å². The van der Waals surface area contributed by atoms with Crippen LogP contribution in [-0.4, -0.2) is 10.3 Å². The van der Waals surface area contributed by atoms with Crippen molar-refractivity contribution in [1.82, 2.24) is 4.57 Å². The molecule has 3 aliphatic rings. The summed E-state index contributed by atoms with van der Waals surface area (Å²) >= 11 is 1.91. The maximum Gasteiger partial charge on any atom is 0.0825 e. The van der Waals surface area contributed by atoms with Gasteiger partial charge >= 0.3 is 0 Å². The van der Waals surface area contributed by atoms with E-state index < -0.39 is 5.41 Å². The molecule has 53 heavy (non-hydrogen) atoms. The van der Waals surface area contributed by atoms with Crippen LogP contribution in [0.1, 0.15) is 58.3 Å². The SMILES string of the molecule is CCC1C(c2ccccc2)=CC(c2ccccc2)=NC1c1ccc2c(c1)Sc1ccccc1C21c2ccccc2-n2c3ccccc3c3cccc1c32. The van der Waals surface area contributed by atoms with E-state index in [0.29, 0.717) is 0 Å². The number of fused-ring (bicyclic) bond motifs is 11. The number of aliphatic imine (C=N–C) groups is 1. The normalized spacial score (nSPS) is 19.7. The zero-order valence-electron chi connectivity index (χ0n) is 29.4. The molecule has 1 spiro atoms. The first-order valence-electron chi connectivity index (χ1n) is 18.7. The average molecular weight is 697 g/mol. The molecule has 0 saturated heterocycles. The fraction of sp³-hybridized carbons (Fsp3) is 0.100. The summed E-state index contributed by atoms with van der Waals surface area (Å²) in [7, 11) is 0. The van der Waals surface area contributed by atoms with E-state index >= 15 is 0 Å². The maximum atomic E-state index is 5.60. The van der Waals surface area contributed by atoms with Gasteiger partial charge < -0.3 is 4.57 Å². The van der Waals surface area contributed by atoms with Crippen LogP contribution in [0.3, 0.4) is 0 Å². The molecule has 0 aliphatic carbocycles. The zero-order valence-corrected chi connectivity index (χ0v) is 30.2. The van der Waals surface area contributed by atoms with E-state index in [1.54, 1.807) is 0 Å². The van der Waals surface area contributed by atoms with E-state index in [-0.39, 0.29) is 12.0 Å². The number of benzene rings is 7. The van der Waals surface area contributed by atoms with Gasteiger partial charge in [-0.05, 0) is 81.3 Å². The molecule has 0 radical (unpaired) electrons. The Labute approximate surface area is 314 Å². The van der Waals surface area contributed by atoms with E-state index in [1.807, 2.05) is 11.8 Å². The van der Waals surface area contributed by atoms with Crippen LogP contribution in [0, 0.1) is 5.92 Å². The van der Waals surface area contributed by atoms with Gasteiger partial charge in [0.25, 0.3) is 0 Å². The first-order chi connectivity index (χ1) is 26.3. The van der Waals surface area contributed by atoms with Crippen LogP contribution in [-0.2, 0) is 5.41 Å². The Morgan fingerprint density at radius 3 is 2.08 bits per heavy atom. The van der Waals surface area contributed by atoms with Gasteiger partial charge in [-0.15, -0.1) is 0 Å². The Bertz CT molecular complexity index is 2810. The monoisotopic (exact) mass is 696 g/mol. The lowest BCUT2D eigenvalue weighted by Gasteiger charge is -2.45. The van der Waals surface area contributed by atoms with Crippen molar-refractivity contribution in [2.45, 2.75) is 34.6 Å². The van der Waals surface area contributed by atoms with Crippen molar-refractivity contribution in [3.05, 3.63) is 215 Å². The number of dihydropyridines is 1. The second-order valence-electron chi connectivity index (χ2n) is 14.5. The predicted octanol–water partition coefficient (Wildman–Crippen LogP) is 12.6. The van der Waals surface area contributed by atoms with Gasteiger partial charge in [0.15, 0.2) is 0 Å². The van der Waals surface area contributed by atoms with Gasteiger partial charge in [-0.1, -0.05) is 164 Å². The van der Waals surface area contributed by atoms with E-state index in [1.165, 1.54) is 76.2 Å². The van der Waals surface area contributed by atoms with Crippen LogP contribution in [0.2, 0.25) is 0 Å². The van der Waals surface area contributed by atoms with E-state index in [4.69, 9.17) is 4.99 Å². The van der Waals surface area contributed by atoms with Gasteiger partial charge in [0, 0.05) is 26.5 Å². The number of para-hydroxylation sites is 3. The van der Waals surface area contributed by atoms with Crippen molar-refractivity contribution < 1.29 is 0 Å². The zero-order chi connectivity index (χ0) is 35.1. The number of aromatic nitrogens is 1. The summed E-state index contributed by atoms with van der Waals surface area (Å²) in [6, 6.07) is 63.0. The highest BCUT2D eigenvalue weighted by Gasteiger charge is 2.49. The maximum absolute atomic E-state index is 5.60. The summed E-state index contributed by atoms with van der Waals surface area (Å²) < 4.78 is 2.52. The Morgan fingerprint density at radius 2 is 1.25 bits per heavy atom. The second kappa shape index (κ2) is 11.8. The minimum atomic E-state index is -0.486. The molecule has 3 aliphatic heterocycles. The van der Waals surface area contributed by atoms with Crippen LogP contribution < -0.4 is 0 Å². The predicted molar refractivity (Wildman–Crippen MR) is 221 cm³/mol. The van der Waals surface area contributed by atoms with E-state index in [2.05, 4.69) is 187 Å². The number of hydrogen-bond donors (Lipinski definition) is 0. The minimum absolute atomic E-state index is 0.0148. The van der Waals surface area contributed by atoms with Crippen LogP contribution in [0.25, 0.3) is 33.1 Å². The molecule has 3 heteroatoms. The Hall–Kier alpha value is -5.90. The lowest BCUT2D eigenvalue weighted by Crippen LogP contribution is -2.37. The molecule has 0 fully saturated rings. The number of allylic oxidation sites excluding steroid dienone is 1. The van der Waals surface area contributed by atoms with Crippen molar-refractivity contribution in [3.63, 3.8) is 0 Å². The summed E-state index contributed by atoms with van der Waals surface area (Å²) in [4.78, 5) is 8.21. The molecule has 11 rings (SSSR count). The summed E-state index contributed by atoms with van der Waals surface area (Å²) in [5.74, 6) is 0.248. The summed E-state index contributed by atoms with van der Waals surface area (Å²) in [6.07, 6.45) is 3.33. The second-order valence-corrected chi connectivity index (χ2v) is 15.6. The highest BCUT2D eigenvalue weighted by atomic mass is 32.2. The Balaban J connectivity index is 1.17. The molecule has 3 unspecified atom stereocenters. The first kappa shape index (κ1) is 30.7. The average Bonchev–Trinajstić information content (AvgIpc) is 3.57. The molecule has 8 aromatic rings. The van der Waals surface area contributed by atoms with Gasteiger partial charge in [-0.3, -0.25) is 4.99 Å². The number of rotatable bonds is 4. The third kappa shape index (κ3) is 4.32. The Kier molecular flexibility index (Phi) is 6.84. The van der Waals surface area contributed by atoms with Crippen molar-refractivity contribution >= 4 is 44.9 Å². The lowest BCUT2D eigenvalue weighted by atomic mass is 9.62. The molecule has 0 N–H and O–H groups in total. The Morgan fingerprint density at radius 1 is 0.585 bits per heavy atom. The first-order valence-corrected chi connectivity index (χ1v) is 19.5. The minimum Gasteiger partial charge on any atom is -0.309 e. The number of nitrogens with zero attached hydrogens (tertiary/aromatic N) is 2. The third-order valence-electron chi connectivity index (χ3n) is 11.9. The highest BCUT2D eigenvalue weighted by molar-refractivity contribution is 7.99. The van der Waals surface area contributed by atoms with Gasteiger partial charge in [0.2, 0.25) is 0 Å². The molecule has 252 valence electrons. The standard InChI is InChI=1S/C50H36N2S/c1-2-35-38(32-16-5-3-6-17-32)31-43(33-18-7-4-8-19-33)51-48(35)34-28-29-41-47(30-34)53-46-27-14-11-23-40(46)50(41)39-22-10-13-26-45(39)52-44-25-12-9-20-36(44)37-21-15-24-42(50)49(37)52/h3-31,35,48H,2H2,1H3. The molecule has 7 aromatic carbocycles. The lowest BCUT2D eigenvalue weighted by molar-refractivity contribution is 0.518. The summed E-state index contributed by atoms with van der Waals surface area (Å²) in [5, 5.41) is 2.60. The van der Waals surface area contributed by atoms with Crippen molar-refractivity contribution in [3.8, 4) is 5.69 Å². The largest absolute Gasteiger partial charge is 0.309 e. The van der Waals surface area contributed by atoms with Gasteiger partial charge in [-0.2, -0.15) is 0 Å². The smallest absolute Gasteiger partial charge is 0.0825 e. The van der Waals surface area contributed by atoms with Crippen LogP contribution in [0.15, 0.2) is 191 Å². The molecule has 2 nitrogen and oxygen atoms in total. The van der Waals surface area contributed by atoms with Gasteiger partial charge in [-0.25, -0.2) is 0 Å². The van der Waals surface area contributed by atoms with Gasteiger partial charge in [0.1, 0.15) is 0 Å². The quantitative estimate of drug-likeness (QED) is 0.179. The molecule has 0 saturated carbocycles. The topological polar surface area (TPSA) is 17.3 Å². The molecular weight excluding hydrogens is 661 g/mol. The van der Waals surface area contributed by atoms with Crippen molar-refractivity contribution in [1.29, 1.82) is 0 Å². The summed E-state index contributed by atoms with van der Waals surface area (Å²) in [6.45, 7) is 2.31. The molecule has 4 heterocycles. The van der Waals surface area contributed by atoms with E-state index in [9.17, 15) is 0 Å². The molecule has 0 bridgehead atoms. The number of hydrogen-bond acceptors (Lipinski definition) is 2. The summed E-state index contributed by atoms with van der Waals surface area (Å²) in [5.41, 5.74) is 14.8.